The summed E-state index contributed by atoms with van der Waals surface area (Å²) in [6.45, 7) is 2.83. The third kappa shape index (κ3) is 6.88. The lowest BCUT2D eigenvalue weighted by atomic mass is 10.1. The number of amides is 2. The van der Waals surface area contributed by atoms with Crippen molar-refractivity contribution in [2.24, 2.45) is 0 Å². The van der Waals surface area contributed by atoms with Crippen molar-refractivity contribution in [1.82, 2.24) is 10.2 Å². The summed E-state index contributed by atoms with van der Waals surface area (Å²) < 4.78 is 5.39. The van der Waals surface area contributed by atoms with Crippen molar-refractivity contribution in [2.45, 2.75) is 70.8 Å². The molecule has 2 heterocycles. The number of aryl methyl sites for hydroxylation is 1. The maximum atomic E-state index is 12.6. The van der Waals surface area contributed by atoms with Crippen molar-refractivity contribution in [3.63, 3.8) is 0 Å². The second-order valence-corrected chi connectivity index (χ2v) is 8.61. The Morgan fingerprint density at radius 3 is 2.77 bits per heavy atom. The Kier molecular flexibility index (Phi) is 8.77. The first-order valence-corrected chi connectivity index (χ1v) is 11.6. The van der Waals surface area contributed by atoms with Gasteiger partial charge in [-0.05, 0) is 37.5 Å². The number of rotatable bonds is 11. The maximum absolute atomic E-state index is 12.6. The molecule has 0 bridgehead atoms. The highest BCUT2D eigenvalue weighted by atomic mass is 32.1. The van der Waals surface area contributed by atoms with Crippen LogP contribution in [0.5, 0.6) is 0 Å². The van der Waals surface area contributed by atoms with Crippen LogP contribution in [0.25, 0.3) is 0 Å². The summed E-state index contributed by atoms with van der Waals surface area (Å²) in [6.07, 6.45) is 9.51. The van der Waals surface area contributed by atoms with E-state index in [1.54, 1.807) is 24.3 Å². The molecule has 1 saturated heterocycles. The molecule has 1 unspecified atom stereocenters. The van der Waals surface area contributed by atoms with Crippen LogP contribution in [0.4, 0.5) is 10.8 Å². The van der Waals surface area contributed by atoms with Crippen LogP contribution in [0.2, 0.25) is 0 Å². The van der Waals surface area contributed by atoms with Gasteiger partial charge in [-0.3, -0.25) is 14.9 Å². The van der Waals surface area contributed by atoms with Gasteiger partial charge in [-0.1, -0.05) is 56.4 Å². The number of nitrogens with zero attached hydrogens (tertiary/aromatic N) is 2. The van der Waals surface area contributed by atoms with E-state index < -0.39 is 6.10 Å². The summed E-state index contributed by atoms with van der Waals surface area (Å²) in [4.78, 5) is 24.8. The highest BCUT2D eigenvalue weighted by molar-refractivity contribution is 7.15. The molecule has 2 N–H and O–H groups in total. The Balaban J connectivity index is 1.47. The normalized spacial score (nSPS) is 15.8. The molecular formula is C22H30N4O3S. The van der Waals surface area contributed by atoms with Crippen LogP contribution in [0, 0.1) is 0 Å². The zero-order chi connectivity index (χ0) is 21.2. The van der Waals surface area contributed by atoms with Gasteiger partial charge in [0.25, 0.3) is 11.8 Å². The van der Waals surface area contributed by atoms with Gasteiger partial charge < -0.3 is 10.1 Å². The number of ether oxygens (including phenoxy) is 1. The molecule has 162 valence electrons. The smallest absolute Gasteiger partial charge is 0.257 e. The van der Waals surface area contributed by atoms with E-state index >= 15 is 0 Å². The number of unbranched alkanes of at least 4 members (excludes halogenated alkanes) is 5. The Bertz CT molecular complexity index is 833. The van der Waals surface area contributed by atoms with Gasteiger partial charge in [0.15, 0.2) is 0 Å². The van der Waals surface area contributed by atoms with Crippen molar-refractivity contribution in [3.8, 4) is 0 Å². The van der Waals surface area contributed by atoms with Crippen molar-refractivity contribution in [2.75, 3.05) is 17.2 Å². The molecule has 1 atom stereocenters. The largest absolute Gasteiger partial charge is 0.368 e. The topological polar surface area (TPSA) is 93.2 Å². The van der Waals surface area contributed by atoms with Crippen LogP contribution < -0.4 is 10.6 Å². The van der Waals surface area contributed by atoms with Crippen molar-refractivity contribution in [3.05, 3.63) is 34.8 Å². The minimum Gasteiger partial charge on any atom is -0.368 e. The average Bonchev–Trinajstić information content (AvgIpc) is 3.43. The molecule has 3 rings (SSSR count). The number of hydrogen-bond donors (Lipinski definition) is 2. The predicted octanol–water partition coefficient (Wildman–Crippen LogP) is 4.81. The minimum atomic E-state index is -0.408. The van der Waals surface area contributed by atoms with Gasteiger partial charge in [-0.2, -0.15) is 0 Å². The predicted molar refractivity (Wildman–Crippen MR) is 119 cm³/mol. The first-order valence-electron chi connectivity index (χ1n) is 10.8. The van der Waals surface area contributed by atoms with Crippen LogP contribution in [0.1, 0.15) is 73.7 Å². The quantitative estimate of drug-likeness (QED) is 0.499. The summed E-state index contributed by atoms with van der Waals surface area (Å²) in [7, 11) is 0. The van der Waals surface area contributed by atoms with Crippen molar-refractivity contribution in [1.29, 1.82) is 0 Å². The first kappa shape index (κ1) is 22.4. The highest BCUT2D eigenvalue weighted by Gasteiger charge is 2.23. The molecule has 0 radical (unpaired) electrons. The molecule has 1 aliphatic rings. The molecule has 1 fully saturated rings. The molecule has 0 aliphatic carbocycles. The zero-order valence-corrected chi connectivity index (χ0v) is 18.3. The van der Waals surface area contributed by atoms with E-state index in [-0.39, 0.29) is 11.8 Å². The maximum Gasteiger partial charge on any atom is 0.257 e. The lowest BCUT2D eigenvalue weighted by Crippen LogP contribution is -2.27. The minimum absolute atomic E-state index is 0.173. The zero-order valence-electron chi connectivity index (χ0n) is 17.5. The van der Waals surface area contributed by atoms with Gasteiger partial charge in [-0.25, -0.2) is 0 Å². The molecule has 8 heteroatoms. The van der Waals surface area contributed by atoms with Gasteiger partial charge in [0.2, 0.25) is 5.13 Å². The Morgan fingerprint density at radius 1 is 1.13 bits per heavy atom. The second kappa shape index (κ2) is 11.8. The van der Waals surface area contributed by atoms with Crippen molar-refractivity contribution >= 4 is 34.0 Å². The van der Waals surface area contributed by atoms with E-state index in [1.807, 2.05) is 0 Å². The van der Waals surface area contributed by atoms with Gasteiger partial charge in [0.05, 0.1) is 0 Å². The summed E-state index contributed by atoms with van der Waals surface area (Å²) in [5.41, 5.74) is 1.02. The number of nitrogens with one attached hydrogen (secondary N) is 2. The van der Waals surface area contributed by atoms with Gasteiger partial charge in [0, 0.05) is 24.3 Å². The van der Waals surface area contributed by atoms with Crippen LogP contribution in [0.15, 0.2) is 24.3 Å². The third-order valence-corrected chi connectivity index (χ3v) is 5.94. The molecule has 1 aliphatic heterocycles. The third-order valence-electron chi connectivity index (χ3n) is 5.05. The second-order valence-electron chi connectivity index (χ2n) is 7.54. The van der Waals surface area contributed by atoms with Crippen LogP contribution in [0.3, 0.4) is 0 Å². The van der Waals surface area contributed by atoms with Crippen LogP contribution in [-0.4, -0.2) is 34.7 Å². The molecular weight excluding hydrogens is 400 g/mol. The van der Waals surface area contributed by atoms with Crippen LogP contribution >= 0.6 is 11.3 Å². The average molecular weight is 431 g/mol. The van der Waals surface area contributed by atoms with E-state index in [2.05, 4.69) is 27.8 Å². The van der Waals surface area contributed by atoms with E-state index in [0.717, 1.165) is 30.7 Å². The van der Waals surface area contributed by atoms with Gasteiger partial charge in [-0.15, -0.1) is 10.2 Å². The summed E-state index contributed by atoms with van der Waals surface area (Å²) in [5, 5.41) is 15.3. The number of carbonyl (C=O) groups is 2. The molecule has 1 aromatic heterocycles. The van der Waals surface area contributed by atoms with Crippen LogP contribution in [-0.2, 0) is 16.0 Å². The lowest BCUT2D eigenvalue weighted by molar-refractivity contribution is -0.124. The SMILES string of the molecule is CCCCCCCCc1nnc(NC(=O)c2cccc(NC(=O)C3CCCO3)c2)s1. The number of carbonyl (C=O) groups excluding carboxylic acids is 2. The highest BCUT2D eigenvalue weighted by Crippen LogP contribution is 2.20. The van der Waals surface area contributed by atoms with E-state index in [0.29, 0.717) is 23.0 Å². The van der Waals surface area contributed by atoms with E-state index in [4.69, 9.17) is 4.74 Å². The van der Waals surface area contributed by atoms with E-state index in [1.165, 1.54) is 43.4 Å². The van der Waals surface area contributed by atoms with Gasteiger partial charge in [0.1, 0.15) is 11.1 Å². The standard InChI is InChI=1S/C22H30N4O3S/c1-2-3-4-5-6-7-13-19-25-26-22(30-19)24-20(27)16-10-8-11-17(15-16)23-21(28)18-12-9-14-29-18/h8,10-11,15,18H,2-7,9,12-14H2,1H3,(H,23,28)(H,24,26,27). The summed E-state index contributed by atoms with van der Waals surface area (Å²) in [5.74, 6) is -0.445. The Morgan fingerprint density at radius 2 is 1.97 bits per heavy atom. The fourth-order valence-electron chi connectivity index (χ4n) is 3.38. The Hall–Kier alpha value is -2.32. The Labute approximate surface area is 181 Å². The van der Waals surface area contributed by atoms with Crippen molar-refractivity contribution < 1.29 is 14.3 Å². The number of benzene rings is 1. The molecule has 2 aromatic rings. The molecule has 0 spiro atoms. The van der Waals surface area contributed by atoms with Gasteiger partial charge >= 0.3 is 0 Å². The van der Waals surface area contributed by atoms with E-state index in [9.17, 15) is 9.59 Å². The monoisotopic (exact) mass is 430 g/mol. The number of hydrogen-bond acceptors (Lipinski definition) is 6. The summed E-state index contributed by atoms with van der Waals surface area (Å²) >= 11 is 1.42. The molecule has 1 aromatic carbocycles. The molecule has 7 nitrogen and oxygen atoms in total. The molecule has 2 amide bonds. The fraction of sp³-hybridized carbons (Fsp3) is 0.545. The lowest BCUT2D eigenvalue weighted by Gasteiger charge is -2.11. The molecule has 30 heavy (non-hydrogen) atoms. The summed E-state index contributed by atoms with van der Waals surface area (Å²) in [6, 6.07) is 6.85. The molecule has 0 saturated carbocycles. The fourth-order valence-corrected chi connectivity index (χ4v) is 4.15. The number of anilines is 2. The number of aromatic nitrogens is 2. The first-order chi connectivity index (χ1) is 14.7.